The fourth-order valence-electron chi connectivity index (χ4n) is 0.915. The second-order valence-electron chi connectivity index (χ2n) is 2.59. The summed E-state index contributed by atoms with van der Waals surface area (Å²) >= 11 is 0. The molecular weight excluding hydrogens is 114 g/mol. The first-order valence-corrected chi connectivity index (χ1v) is 3.12. The molecule has 0 bridgehead atoms. The third-order valence-corrected chi connectivity index (χ3v) is 2.00. The zero-order chi connectivity index (χ0) is 7.02. The minimum Gasteiger partial charge on any atom is -0.330 e. The second-order valence-corrected chi connectivity index (χ2v) is 2.59. The van der Waals surface area contributed by atoms with E-state index in [0.717, 1.165) is 5.70 Å². The molecule has 9 heavy (non-hydrogen) atoms. The zero-order valence-electron chi connectivity index (χ0n) is 5.77. The molecule has 1 aliphatic heterocycles. The standard InChI is InChI=1S/C7H11NO/c1-4-5(2)7(9)8-6(4)3/h4-5H,3H2,1-2H3,(H,8,9). The van der Waals surface area contributed by atoms with Gasteiger partial charge in [-0.15, -0.1) is 0 Å². The lowest BCUT2D eigenvalue weighted by Crippen LogP contribution is -2.16. The van der Waals surface area contributed by atoms with Crippen LogP contribution in [0.5, 0.6) is 0 Å². The van der Waals surface area contributed by atoms with Crippen molar-refractivity contribution in [2.24, 2.45) is 11.8 Å². The SMILES string of the molecule is C=C1NC(=O)C(C)C1C. The van der Waals surface area contributed by atoms with E-state index >= 15 is 0 Å². The van der Waals surface area contributed by atoms with Gasteiger partial charge in [-0.05, 0) is 0 Å². The summed E-state index contributed by atoms with van der Waals surface area (Å²) in [6.45, 7) is 7.62. The smallest absolute Gasteiger partial charge is 0.227 e. The Balaban J connectivity index is 2.77. The van der Waals surface area contributed by atoms with Crippen LogP contribution in [-0.4, -0.2) is 5.91 Å². The fraction of sp³-hybridized carbons (Fsp3) is 0.571. The van der Waals surface area contributed by atoms with Crippen molar-refractivity contribution in [3.8, 4) is 0 Å². The molecule has 2 heteroatoms. The average Bonchev–Trinajstić information content (AvgIpc) is 1.98. The summed E-state index contributed by atoms with van der Waals surface area (Å²) in [5, 5.41) is 2.68. The predicted molar refractivity (Wildman–Crippen MR) is 35.6 cm³/mol. The van der Waals surface area contributed by atoms with Gasteiger partial charge in [-0.3, -0.25) is 4.79 Å². The van der Waals surface area contributed by atoms with E-state index in [-0.39, 0.29) is 11.8 Å². The Bertz CT molecular complexity index is 144. The Hall–Kier alpha value is -0.790. The first-order valence-electron chi connectivity index (χ1n) is 3.12. The van der Waals surface area contributed by atoms with Gasteiger partial charge < -0.3 is 5.32 Å². The summed E-state index contributed by atoms with van der Waals surface area (Å²) in [5.41, 5.74) is 0.854. The lowest BCUT2D eigenvalue weighted by molar-refractivity contribution is -0.122. The Morgan fingerprint density at radius 3 is 2.11 bits per heavy atom. The van der Waals surface area contributed by atoms with Gasteiger partial charge >= 0.3 is 0 Å². The van der Waals surface area contributed by atoms with Crippen LogP contribution in [0.15, 0.2) is 12.3 Å². The van der Waals surface area contributed by atoms with E-state index < -0.39 is 0 Å². The van der Waals surface area contributed by atoms with Crippen molar-refractivity contribution in [3.63, 3.8) is 0 Å². The van der Waals surface area contributed by atoms with E-state index in [2.05, 4.69) is 11.9 Å². The van der Waals surface area contributed by atoms with Gasteiger partial charge in [0.2, 0.25) is 5.91 Å². The minimum atomic E-state index is 0.104. The van der Waals surface area contributed by atoms with Gasteiger partial charge in [0.05, 0.1) is 0 Å². The molecule has 1 heterocycles. The molecule has 1 rings (SSSR count). The van der Waals surface area contributed by atoms with E-state index in [0.29, 0.717) is 5.92 Å². The Kier molecular flexibility index (Phi) is 1.31. The van der Waals surface area contributed by atoms with E-state index in [4.69, 9.17) is 0 Å². The molecule has 50 valence electrons. The molecule has 1 N–H and O–H groups in total. The molecule has 0 aromatic carbocycles. The molecule has 1 saturated heterocycles. The van der Waals surface area contributed by atoms with Crippen molar-refractivity contribution in [2.75, 3.05) is 0 Å². The number of carbonyl (C=O) groups excluding carboxylic acids is 1. The second kappa shape index (κ2) is 1.87. The summed E-state index contributed by atoms with van der Waals surface area (Å²) in [6, 6.07) is 0. The van der Waals surface area contributed by atoms with Crippen molar-refractivity contribution in [1.29, 1.82) is 0 Å². The number of rotatable bonds is 0. The van der Waals surface area contributed by atoms with Gasteiger partial charge in [-0.2, -0.15) is 0 Å². The molecule has 0 spiro atoms. The third kappa shape index (κ3) is 0.846. The van der Waals surface area contributed by atoms with E-state index in [1.807, 2.05) is 13.8 Å². The monoisotopic (exact) mass is 125 g/mol. The largest absolute Gasteiger partial charge is 0.330 e. The van der Waals surface area contributed by atoms with Crippen LogP contribution in [0.25, 0.3) is 0 Å². The maximum atomic E-state index is 10.8. The molecule has 0 saturated carbocycles. The summed E-state index contributed by atoms with van der Waals surface area (Å²) in [6.07, 6.45) is 0. The highest BCUT2D eigenvalue weighted by atomic mass is 16.2. The van der Waals surface area contributed by atoms with Gasteiger partial charge in [0.25, 0.3) is 0 Å². The average molecular weight is 125 g/mol. The van der Waals surface area contributed by atoms with Gasteiger partial charge in [-0.1, -0.05) is 20.4 Å². The van der Waals surface area contributed by atoms with Crippen LogP contribution >= 0.6 is 0 Å². The molecule has 0 aliphatic carbocycles. The molecule has 0 radical (unpaired) electrons. The van der Waals surface area contributed by atoms with Crippen LogP contribution in [0.2, 0.25) is 0 Å². The lowest BCUT2D eigenvalue weighted by atomic mass is 9.98. The summed E-state index contributed by atoms with van der Waals surface area (Å²) in [4.78, 5) is 10.8. The van der Waals surface area contributed by atoms with E-state index in [9.17, 15) is 4.79 Å². The number of amides is 1. The molecule has 2 atom stereocenters. The highest BCUT2D eigenvalue weighted by Gasteiger charge is 2.29. The highest BCUT2D eigenvalue weighted by Crippen LogP contribution is 2.23. The number of nitrogens with one attached hydrogen (secondary N) is 1. The molecule has 1 fully saturated rings. The molecule has 1 aliphatic rings. The first kappa shape index (κ1) is 6.33. The van der Waals surface area contributed by atoms with E-state index in [1.54, 1.807) is 0 Å². The minimum absolute atomic E-state index is 0.104. The Labute approximate surface area is 54.9 Å². The zero-order valence-corrected chi connectivity index (χ0v) is 5.77. The quantitative estimate of drug-likeness (QED) is 0.512. The van der Waals surface area contributed by atoms with Crippen LogP contribution in [-0.2, 0) is 4.79 Å². The van der Waals surface area contributed by atoms with Crippen molar-refractivity contribution in [2.45, 2.75) is 13.8 Å². The Morgan fingerprint density at radius 2 is 2.00 bits per heavy atom. The molecule has 0 aromatic heterocycles. The topological polar surface area (TPSA) is 29.1 Å². The van der Waals surface area contributed by atoms with Crippen molar-refractivity contribution < 1.29 is 4.79 Å². The molecule has 2 nitrogen and oxygen atoms in total. The summed E-state index contributed by atoms with van der Waals surface area (Å²) in [5.74, 6) is 0.516. The third-order valence-electron chi connectivity index (χ3n) is 2.00. The maximum Gasteiger partial charge on any atom is 0.227 e. The molecule has 0 aromatic rings. The molecule has 2 unspecified atom stereocenters. The van der Waals surface area contributed by atoms with Crippen LogP contribution in [0.1, 0.15) is 13.8 Å². The van der Waals surface area contributed by atoms with Gasteiger partial charge in [0.15, 0.2) is 0 Å². The van der Waals surface area contributed by atoms with Crippen LogP contribution < -0.4 is 5.32 Å². The Morgan fingerprint density at radius 1 is 1.44 bits per heavy atom. The lowest BCUT2D eigenvalue weighted by Gasteiger charge is -2.02. The number of carbonyl (C=O) groups is 1. The number of hydrogen-bond donors (Lipinski definition) is 1. The van der Waals surface area contributed by atoms with Crippen LogP contribution in [0.3, 0.4) is 0 Å². The van der Waals surface area contributed by atoms with Gasteiger partial charge in [-0.25, -0.2) is 0 Å². The molecular formula is C7H11NO. The van der Waals surface area contributed by atoms with Gasteiger partial charge in [0, 0.05) is 17.5 Å². The van der Waals surface area contributed by atoms with Crippen LogP contribution in [0.4, 0.5) is 0 Å². The van der Waals surface area contributed by atoms with Crippen molar-refractivity contribution in [3.05, 3.63) is 12.3 Å². The highest BCUT2D eigenvalue weighted by molar-refractivity contribution is 5.83. The van der Waals surface area contributed by atoms with Crippen LogP contribution in [0, 0.1) is 11.8 Å². The molecule has 1 amide bonds. The van der Waals surface area contributed by atoms with Crippen molar-refractivity contribution in [1.82, 2.24) is 5.32 Å². The predicted octanol–water partition coefficient (Wildman–Crippen LogP) is 0.902. The van der Waals surface area contributed by atoms with Crippen molar-refractivity contribution >= 4 is 5.91 Å². The van der Waals surface area contributed by atoms with E-state index in [1.165, 1.54) is 0 Å². The fourth-order valence-corrected chi connectivity index (χ4v) is 0.915. The van der Waals surface area contributed by atoms with Gasteiger partial charge in [0.1, 0.15) is 0 Å². The summed E-state index contributed by atoms with van der Waals surface area (Å²) < 4.78 is 0. The maximum absolute atomic E-state index is 10.8. The number of hydrogen-bond acceptors (Lipinski definition) is 1. The number of allylic oxidation sites excluding steroid dienone is 1. The normalized spacial score (nSPS) is 34.9. The summed E-state index contributed by atoms with van der Waals surface area (Å²) in [7, 11) is 0. The first-order chi connectivity index (χ1) is 4.13.